The molecule has 4 heterocycles. The predicted molar refractivity (Wildman–Crippen MR) is 118 cm³/mol. The van der Waals surface area contributed by atoms with E-state index < -0.39 is 5.91 Å². The molecular weight excluding hydrogens is 420 g/mol. The van der Waals surface area contributed by atoms with Gasteiger partial charge < -0.3 is 15.0 Å². The van der Waals surface area contributed by atoms with E-state index in [1.165, 1.54) is 11.3 Å². The number of pyridine rings is 1. The maximum Gasteiger partial charge on any atom is 0.274 e. The molecule has 5 rings (SSSR count). The highest BCUT2D eigenvalue weighted by molar-refractivity contribution is 7.21. The monoisotopic (exact) mass is 438 g/mol. The van der Waals surface area contributed by atoms with Gasteiger partial charge in [-0.05, 0) is 48.4 Å². The van der Waals surface area contributed by atoms with Crippen LogP contribution >= 0.6 is 22.9 Å². The quantitative estimate of drug-likeness (QED) is 0.519. The highest BCUT2D eigenvalue weighted by Crippen LogP contribution is 2.34. The summed E-state index contributed by atoms with van der Waals surface area (Å²) in [5.74, 6) is -0.517. The van der Waals surface area contributed by atoms with Crippen LogP contribution in [0.3, 0.4) is 0 Å². The van der Waals surface area contributed by atoms with Gasteiger partial charge in [-0.3, -0.25) is 9.59 Å². The number of amides is 2. The fraction of sp³-hybridized carbons (Fsp3) is 0.227. The van der Waals surface area contributed by atoms with Crippen LogP contribution in [0.4, 0.5) is 0 Å². The van der Waals surface area contributed by atoms with Crippen molar-refractivity contribution < 1.29 is 9.59 Å². The summed E-state index contributed by atoms with van der Waals surface area (Å²) in [7, 11) is 0. The Labute approximate surface area is 181 Å². The van der Waals surface area contributed by atoms with Gasteiger partial charge in [0.05, 0.1) is 9.90 Å². The Morgan fingerprint density at radius 2 is 2.03 bits per heavy atom. The minimum absolute atomic E-state index is 0.00186. The van der Waals surface area contributed by atoms with Crippen molar-refractivity contribution in [1.29, 1.82) is 0 Å². The van der Waals surface area contributed by atoms with Crippen molar-refractivity contribution in [2.24, 2.45) is 5.73 Å². The maximum absolute atomic E-state index is 13.3. The minimum Gasteiger partial charge on any atom is -0.365 e. The van der Waals surface area contributed by atoms with Crippen molar-refractivity contribution >= 4 is 50.5 Å². The molecule has 0 radical (unpaired) electrons. The van der Waals surface area contributed by atoms with E-state index in [0.717, 1.165) is 28.5 Å². The molecule has 1 saturated heterocycles. The Morgan fingerprint density at radius 1 is 1.20 bits per heavy atom. The first kappa shape index (κ1) is 19.1. The van der Waals surface area contributed by atoms with Gasteiger partial charge in [0, 0.05) is 29.7 Å². The summed E-state index contributed by atoms with van der Waals surface area (Å²) in [4.78, 5) is 32.2. The number of aromatic nitrogens is 2. The molecule has 152 valence electrons. The number of nitrogens with zero attached hydrogens (tertiary/aromatic N) is 3. The van der Waals surface area contributed by atoms with Crippen LogP contribution in [-0.4, -0.2) is 38.7 Å². The van der Waals surface area contributed by atoms with Crippen molar-refractivity contribution in [2.45, 2.75) is 25.3 Å². The summed E-state index contributed by atoms with van der Waals surface area (Å²) in [5, 5.41) is 1.62. The summed E-state index contributed by atoms with van der Waals surface area (Å²) in [6.45, 7) is 0.673. The second-order valence-corrected chi connectivity index (χ2v) is 9.00. The van der Waals surface area contributed by atoms with E-state index in [1.807, 2.05) is 29.2 Å². The Bertz CT molecular complexity index is 1300. The number of rotatable bonds is 4. The smallest absolute Gasteiger partial charge is 0.274 e. The van der Waals surface area contributed by atoms with Gasteiger partial charge in [-0.25, -0.2) is 4.98 Å². The molecule has 0 bridgehead atoms. The summed E-state index contributed by atoms with van der Waals surface area (Å²) in [5.41, 5.74) is 7.68. The number of imidazole rings is 1. The minimum atomic E-state index is -0.417. The lowest BCUT2D eigenvalue weighted by Gasteiger charge is -2.24. The van der Waals surface area contributed by atoms with Gasteiger partial charge in [-0.1, -0.05) is 29.8 Å². The van der Waals surface area contributed by atoms with Gasteiger partial charge in [-0.15, -0.1) is 11.3 Å². The zero-order valence-electron chi connectivity index (χ0n) is 16.0. The van der Waals surface area contributed by atoms with Crippen LogP contribution in [0.25, 0.3) is 15.7 Å². The van der Waals surface area contributed by atoms with Crippen LogP contribution in [0, 0.1) is 0 Å². The predicted octanol–water partition coefficient (Wildman–Crippen LogP) is 4.15. The topological polar surface area (TPSA) is 80.7 Å². The Balaban J connectivity index is 1.47. The van der Waals surface area contributed by atoms with Gasteiger partial charge in [0.15, 0.2) is 0 Å². The van der Waals surface area contributed by atoms with Gasteiger partial charge >= 0.3 is 0 Å². The van der Waals surface area contributed by atoms with E-state index in [0.29, 0.717) is 34.2 Å². The zero-order chi connectivity index (χ0) is 20.8. The SMILES string of the molecule is NC(=O)c1sc2ccccc2c1C[C@H]1CCCN1C(=O)c1cn2cc(Cl)ccc2n1. The number of likely N-dealkylation sites (tertiary alicyclic amines) is 1. The van der Waals surface area contributed by atoms with E-state index in [2.05, 4.69) is 4.98 Å². The molecule has 1 aliphatic heterocycles. The molecule has 1 fully saturated rings. The molecule has 1 aromatic carbocycles. The number of nitrogens with two attached hydrogens (primary N) is 1. The Kier molecular flexibility index (Phi) is 4.72. The lowest BCUT2D eigenvalue weighted by Crippen LogP contribution is -2.37. The zero-order valence-corrected chi connectivity index (χ0v) is 17.6. The Hall–Kier alpha value is -2.90. The molecular formula is C22H19ClN4O2S. The largest absolute Gasteiger partial charge is 0.365 e. The van der Waals surface area contributed by atoms with E-state index in [-0.39, 0.29) is 11.9 Å². The van der Waals surface area contributed by atoms with E-state index >= 15 is 0 Å². The molecule has 3 aromatic heterocycles. The first-order chi connectivity index (χ1) is 14.5. The number of thiophene rings is 1. The third kappa shape index (κ3) is 3.24. The van der Waals surface area contributed by atoms with Crippen molar-refractivity contribution in [2.75, 3.05) is 6.54 Å². The Morgan fingerprint density at radius 3 is 2.87 bits per heavy atom. The molecule has 1 atom stereocenters. The molecule has 0 saturated carbocycles. The summed E-state index contributed by atoms with van der Waals surface area (Å²) in [6.07, 6.45) is 5.86. The van der Waals surface area contributed by atoms with E-state index in [4.69, 9.17) is 17.3 Å². The lowest BCUT2D eigenvalue weighted by atomic mass is 10.0. The van der Waals surface area contributed by atoms with Crippen LogP contribution in [0.5, 0.6) is 0 Å². The van der Waals surface area contributed by atoms with Crippen LogP contribution in [0.15, 0.2) is 48.8 Å². The number of carbonyl (C=O) groups excluding carboxylic acids is 2. The molecule has 8 heteroatoms. The van der Waals surface area contributed by atoms with Gasteiger partial charge in [0.1, 0.15) is 11.3 Å². The average molecular weight is 439 g/mol. The second-order valence-electron chi connectivity index (χ2n) is 7.51. The third-order valence-corrected chi connectivity index (χ3v) is 7.09. The summed E-state index contributed by atoms with van der Waals surface area (Å²) < 4.78 is 2.80. The first-order valence-electron chi connectivity index (χ1n) is 9.76. The molecule has 0 unspecified atom stereocenters. The second kappa shape index (κ2) is 7.41. The van der Waals surface area contributed by atoms with Crippen LogP contribution in [-0.2, 0) is 6.42 Å². The average Bonchev–Trinajstić information content (AvgIpc) is 3.44. The summed E-state index contributed by atoms with van der Waals surface area (Å²) >= 11 is 7.46. The number of carbonyl (C=O) groups is 2. The number of hydrogen-bond donors (Lipinski definition) is 1. The maximum atomic E-state index is 13.3. The number of hydrogen-bond acceptors (Lipinski definition) is 4. The molecule has 0 aliphatic carbocycles. The molecule has 0 spiro atoms. The molecule has 1 aliphatic rings. The van der Waals surface area contributed by atoms with Crippen molar-refractivity contribution in [3.63, 3.8) is 0 Å². The molecule has 2 N–H and O–H groups in total. The van der Waals surface area contributed by atoms with Crippen LogP contribution < -0.4 is 5.73 Å². The van der Waals surface area contributed by atoms with Crippen molar-refractivity contribution in [3.8, 4) is 0 Å². The lowest BCUT2D eigenvalue weighted by molar-refractivity contribution is 0.0731. The third-order valence-electron chi connectivity index (χ3n) is 5.63. The van der Waals surface area contributed by atoms with Gasteiger partial charge in [0.25, 0.3) is 11.8 Å². The van der Waals surface area contributed by atoms with Crippen LogP contribution in [0.1, 0.15) is 38.6 Å². The van der Waals surface area contributed by atoms with Gasteiger partial charge in [0.2, 0.25) is 0 Å². The number of primary amides is 1. The standard InChI is InChI=1S/C22H19ClN4O2S/c23-13-7-8-19-25-17(12-26(19)11-13)22(29)27-9-3-4-14(27)10-16-15-5-1-2-6-18(15)30-20(16)21(24)28/h1-2,5-8,11-12,14H,3-4,9-10H2,(H2,24,28)/t14-/m1/s1. The van der Waals surface area contributed by atoms with Gasteiger partial charge in [-0.2, -0.15) is 0 Å². The fourth-order valence-corrected chi connectivity index (χ4v) is 5.52. The van der Waals surface area contributed by atoms with Crippen molar-refractivity contribution in [3.05, 3.63) is 69.9 Å². The molecule has 4 aromatic rings. The molecule has 30 heavy (non-hydrogen) atoms. The molecule has 2 amide bonds. The first-order valence-corrected chi connectivity index (χ1v) is 11.0. The number of halogens is 1. The fourth-order valence-electron chi connectivity index (χ4n) is 4.27. The molecule has 6 nitrogen and oxygen atoms in total. The van der Waals surface area contributed by atoms with E-state index in [9.17, 15) is 9.59 Å². The number of benzene rings is 1. The summed E-state index contributed by atoms with van der Waals surface area (Å²) in [6, 6.07) is 11.5. The number of fused-ring (bicyclic) bond motifs is 2. The highest BCUT2D eigenvalue weighted by atomic mass is 35.5. The highest BCUT2D eigenvalue weighted by Gasteiger charge is 2.32. The van der Waals surface area contributed by atoms with Crippen molar-refractivity contribution in [1.82, 2.24) is 14.3 Å². The van der Waals surface area contributed by atoms with E-state index in [1.54, 1.807) is 28.9 Å². The normalized spacial score (nSPS) is 16.6. The van der Waals surface area contributed by atoms with Crippen LogP contribution in [0.2, 0.25) is 5.02 Å².